The molecule has 0 aliphatic heterocycles. The Morgan fingerprint density at radius 2 is 1.68 bits per heavy atom. The average Bonchev–Trinajstić information content (AvgIpc) is 3.20. The van der Waals surface area contributed by atoms with E-state index in [4.69, 9.17) is 4.98 Å². The summed E-state index contributed by atoms with van der Waals surface area (Å²) in [6.45, 7) is 11.9. The van der Waals surface area contributed by atoms with Crippen LogP contribution in [0.4, 0.5) is 5.13 Å². The second-order valence-corrected chi connectivity index (χ2v) is 8.95. The maximum atomic E-state index is 13.7. The Kier molecular flexibility index (Phi) is 6.35. The molecule has 160 valence electrons. The maximum absolute atomic E-state index is 13.7. The molecule has 0 radical (unpaired) electrons. The first kappa shape index (κ1) is 21.5. The van der Waals surface area contributed by atoms with Gasteiger partial charge in [-0.15, -0.1) is 0 Å². The van der Waals surface area contributed by atoms with Gasteiger partial charge in [-0.25, -0.2) is 4.98 Å². The molecule has 4 rings (SSSR count). The van der Waals surface area contributed by atoms with Crippen LogP contribution in [0.1, 0.15) is 35.3 Å². The van der Waals surface area contributed by atoms with Crippen molar-refractivity contribution < 1.29 is 4.79 Å². The highest BCUT2D eigenvalue weighted by Gasteiger charge is 2.22. The zero-order valence-electron chi connectivity index (χ0n) is 18.7. The van der Waals surface area contributed by atoms with E-state index in [0.29, 0.717) is 12.1 Å². The number of carbonyl (C=O) groups is 1. The Bertz CT molecular complexity index is 1230. The van der Waals surface area contributed by atoms with E-state index in [1.807, 2.05) is 35.2 Å². The van der Waals surface area contributed by atoms with E-state index in [9.17, 15) is 4.79 Å². The Morgan fingerprint density at radius 3 is 2.42 bits per heavy atom. The number of thiazole rings is 1. The largest absolute Gasteiger partial charge is 0.302 e. The molecule has 1 amide bonds. The fourth-order valence-corrected chi connectivity index (χ4v) is 5.06. The predicted octanol–water partition coefficient (Wildman–Crippen LogP) is 6.05. The monoisotopic (exact) mass is 431 g/mol. The number of anilines is 1. The third-order valence-corrected chi connectivity index (χ3v) is 7.05. The molecule has 4 nitrogen and oxygen atoms in total. The molecule has 31 heavy (non-hydrogen) atoms. The van der Waals surface area contributed by atoms with Crippen molar-refractivity contribution in [1.29, 1.82) is 0 Å². The number of rotatable bonds is 7. The van der Waals surface area contributed by atoms with Gasteiger partial charge in [-0.05, 0) is 67.0 Å². The molecule has 0 saturated carbocycles. The second-order valence-electron chi connectivity index (χ2n) is 7.97. The van der Waals surface area contributed by atoms with Crippen LogP contribution in [0.3, 0.4) is 0 Å². The molecule has 0 atom stereocenters. The quantitative estimate of drug-likeness (QED) is 0.357. The Hall–Kier alpha value is -2.76. The third-order valence-electron chi connectivity index (χ3n) is 5.82. The van der Waals surface area contributed by atoms with E-state index in [0.717, 1.165) is 45.8 Å². The van der Waals surface area contributed by atoms with Gasteiger partial charge in [0, 0.05) is 18.7 Å². The zero-order chi connectivity index (χ0) is 22.0. The van der Waals surface area contributed by atoms with Gasteiger partial charge in [0.15, 0.2) is 5.13 Å². The van der Waals surface area contributed by atoms with Crippen molar-refractivity contribution in [3.05, 3.63) is 71.3 Å². The zero-order valence-corrected chi connectivity index (χ0v) is 19.5. The number of carbonyl (C=O) groups excluding carboxylic acids is 1. The first-order valence-electron chi connectivity index (χ1n) is 10.9. The molecule has 0 saturated heterocycles. The van der Waals surface area contributed by atoms with Crippen LogP contribution in [0.25, 0.3) is 21.0 Å². The summed E-state index contributed by atoms with van der Waals surface area (Å²) in [6.07, 6.45) is 0. The number of likely N-dealkylation sites (N-methyl/N-ethyl adjacent to an activating group) is 1. The molecule has 0 unspecified atom stereocenters. The lowest BCUT2D eigenvalue weighted by Crippen LogP contribution is -2.38. The van der Waals surface area contributed by atoms with E-state index in [2.05, 4.69) is 56.9 Å². The van der Waals surface area contributed by atoms with Crippen LogP contribution < -0.4 is 4.90 Å². The van der Waals surface area contributed by atoms with Gasteiger partial charge in [0.25, 0.3) is 5.91 Å². The molecule has 1 heterocycles. The van der Waals surface area contributed by atoms with Crippen LogP contribution in [0.15, 0.2) is 54.6 Å². The van der Waals surface area contributed by atoms with Crippen molar-refractivity contribution in [3.63, 3.8) is 0 Å². The summed E-state index contributed by atoms with van der Waals surface area (Å²) < 4.78 is 1.15. The fraction of sp³-hybridized carbons (Fsp3) is 0.308. The number of hydrogen-bond donors (Lipinski definition) is 0. The Labute approximate surface area is 188 Å². The van der Waals surface area contributed by atoms with Gasteiger partial charge in [0.2, 0.25) is 0 Å². The topological polar surface area (TPSA) is 36.4 Å². The summed E-state index contributed by atoms with van der Waals surface area (Å²) in [6, 6.07) is 18.4. The summed E-state index contributed by atoms with van der Waals surface area (Å²) in [7, 11) is 0. The molecule has 1 aromatic heterocycles. The van der Waals surface area contributed by atoms with Crippen molar-refractivity contribution in [2.75, 3.05) is 31.1 Å². The van der Waals surface area contributed by atoms with Crippen LogP contribution in [0, 0.1) is 13.8 Å². The lowest BCUT2D eigenvalue weighted by atomic mass is 10.1. The van der Waals surface area contributed by atoms with Crippen molar-refractivity contribution in [2.45, 2.75) is 27.7 Å². The van der Waals surface area contributed by atoms with Gasteiger partial charge in [-0.2, -0.15) is 0 Å². The maximum Gasteiger partial charge on any atom is 0.260 e. The van der Waals surface area contributed by atoms with E-state index >= 15 is 0 Å². The van der Waals surface area contributed by atoms with E-state index in [1.165, 1.54) is 11.1 Å². The highest BCUT2D eigenvalue weighted by molar-refractivity contribution is 7.22. The molecular weight excluding hydrogens is 402 g/mol. The highest BCUT2D eigenvalue weighted by atomic mass is 32.1. The minimum Gasteiger partial charge on any atom is -0.302 e. The van der Waals surface area contributed by atoms with Crippen molar-refractivity contribution in [1.82, 2.24) is 9.88 Å². The summed E-state index contributed by atoms with van der Waals surface area (Å²) in [4.78, 5) is 22.8. The fourth-order valence-electron chi connectivity index (χ4n) is 4.02. The number of fused-ring (bicyclic) bond motifs is 2. The molecule has 5 heteroatoms. The minimum atomic E-state index is 0.00587. The number of benzene rings is 3. The first-order chi connectivity index (χ1) is 15.0. The van der Waals surface area contributed by atoms with Gasteiger partial charge < -0.3 is 4.90 Å². The molecule has 0 N–H and O–H groups in total. The number of aromatic nitrogens is 1. The van der Waals surface area contributed by atoms with Crippen LogP contribution in [0.5, 0.6) is 0 Å². The molecule has 0 bridgehead atoms. The molecule has 0 aliphatic carbocycles. The SMILES string of the molecule is CCN(CC)CCN(C(=O)c1ccc2ccccc2c1)c1nc2cc(C)cc(C)c2s1. The van der Waals surface area contributed by atoms with E-state index in [1.54, 1.807) is 11.3 Å². The van der Waals surface area contributed by atoms with Crippen molar-refractivity contribution in [3.8, 4) is 0 Å². The van der Waals surface area contributed by atoms with Crippen LogP contribution in [0.2, 0.25) is 0 Å². The van der Waals surface area contributed by atoms with Gasteiger partial charge in [-0.3, -0.25) is 9.69 Å². The summed E-state index contributed by atoms with van der Waals surface area (Å²) in [5, 5.41) is 2.99. The highest BCUT2D eigenvalue weighted by Crippen LogP contribution is 2.33. The summed E-state index contributed by atoms with van der Waals surface area (Å²) in [5.41, 5.74) is 4.07. The van der Waals surface area contributed by atoms with Crippen LogP contribution in [-0.2, 0) is 0 Å². The number of aryl methyl sites for hydroxylation is 2. The number of nitrogens with zero attached hydrogens (tertiary/aromatic N) is 3. The Morgan fingerprint density at radius 1 is 0.935 bits per heavy atom. The van der Waals surface area contributed by atoms with Gasteiger partial charge in [0.1, 0.15) is 0 Å². The van der Waals surface area contributed by atoms with E-state index in [-0.39, 0.29) is 5.91 Å². The smallest absolute Gasteiger partial charge is 0.260 e. The molecule has 0 aliphatic rings. The summed E-state index contributed by atoms with van der Waals surface area (Å²) >= 11 is 1.61. The summed E-state index contributed by atoms with van der Waals surface area (Å²) in [5.74, 6) is 0.00587. The first-order valence-corrected chi connectivity index (χ1v) is 11.7. The third kappa shape index (κ3) is 4.48. The Balaban J connectivity index is 1.74. The van der Waals surface area contributed by atoms with Gasteiger partial charge >= 0.3 is 0 Å². The van der Waals surface area contributed by atoms with Gasteiger partial charge in [0.05, 0.1) is 10.2 Å². The lowest BCUT2D eigenvalue weighted by Gasteiger charge is -2.25. The number of amides is 1. The lowest BCUT2D eigenvalue weighted by molar-refractivity contribution is 0.0984. The van der Waals surface area contributed by atoms with E-state index < -0.39 is 0 Å². The molecular formula is C26H29N3OS. The molecule has 0 fully saturated rings. The van der Waals surface area contributed by atoms with Crippen LogP contribution >= 0.6 is 11.3 Å². The predicted molar refractivity (Wildman–Crippen MR) is 133 cm³/mol. The molecule has 0 spiro atoms. The number of hydrogen-bond acceptors (Lipinski definition) is 4. The van der Waals surface area contributed by atoms with Crippen molar-refractivity contribution >= 4 is 43.4 Å². The van der Waals surface area contributed by atoms with Gasteiger partial charge in [-0.1, -0.05) is 61.6 Å². The molecule has 3 aromatic carbocycles. The normalized spacial score (nSPS) is 11.5. The molecule has 4 aromatic rings. The van der Waals surface area contributed by atoms with Crippen LogP contribution in [-0.4, -0.2) is 42.0 Å². The standard InChI is InChI=1S/C26H29N3OS/c1-5-28(6-2)13-14-29(26-27-23-16-18(3)15-19(4)24(23)31-26)25(30)22-12-11-20-9-7-8-10-21(20)17-22/h7-12,15-17H,5-6,13-14H2,1-4H3. The van der Waals surface area contributed by atoms with Crippen molar-refractivity contribution in [2.24, 2.45) is 0 Å². The minimum absolute atomic E-state index is 0.00587. The average molecular weight is 432 g/mol. The second kappa shape index (κ2) is 9.16.